The molecule has 0 aliphatic heterocycles. The van der Waals surface area contributed by atoms with E-state index in [1.54, 1.807) is 23.5 Å². The van der Waals surface area contributed by atoms with Gasteiger partial charge >= 0.3 is 0 Å². The van der Waals surface area contributed by atoms with Crippen molar-refractivity contribution in [3.05, 3.63) is 61.2 Å². The second-order valence-electron chi connectivity index (χ2n) is 7.93. The van der Waals surface area contributed by atoms with E-state index in [-0.39, 0.29) is 17.4 Å². The monoisotopic (exact) mass is 420 g/mol. The number of halogens is 2. The minimum atomic E-state index is -0.309. The first-order valence-corrected chi connectivity index (χ1v) is 10.8. The summed E-state index contributed by atoms with van der Waals surface area (Å²) in [5.74, 6) is 0.976. The van der Waals surface area contributed by atoms with Crippen LogP contribution in [-0.4, -0.2) is 17.0 Å². The van der Waals surface area contributed by atoms with E-state index in [9.17, 15) is 9.18 Å². The number of hydrogen-bond donors (Lipinski definition) is 2. The lowest BCUT2D eigenvalue weighted by molar-refractivity contribution is -0.924. The first-order chi connectivity index (χ1) is 13.3. The molecule has 0 saturated heterocycles. The Balaban J connectivity index is 1.66. The lowest BCUT2D eigenvalue weighted by Gasteiger charge is -2.21. The van der Waals surface area contributed by atoms with Crippen LogP contribution in [0.3, 0.4) is 0 Å². The average molecular weight is 421 g/mol. The standard InChI is InChI=1S/C21H23ClFN3OS/c1-11-7-8-13-17(9-11)28-21-18(13)20(27)24-19(25-21)12(2)26(3)10-14-15(22)5-4-6-16(14)23/h4-6,11-12H,7-10H2,1-3H3,(H,24,25,27)/p+1/t11-,12-/m1/s1. The Labute approximate surface area is 172 Å². The van der Waals surface area contributed by atoms with Crippen LogP contribution >= 0.6 is 22.9 Å². The van der Waals surface area contributed by atoms with Crippen molar-refractivity contribution >= 4 is 33.2 Å². The van der Waals surface area contributed by atoms with E-state index in [1.807, 2.05) is 14.0 Å². The maximum atomic E-state index is 14.1. The van der Waals surface area contributed by atoms with Crippen LogP contribution in [0, 0.1) is 11.7 Å². The van der Waals surface area contributed by atoms with Gasteiger partial charge in [0.15, 0.2) is 5.82 Å². The van der Waals surface area contributed by atoms with E-state index >= 15 is 0 Å². The van der Waals surface area contributed by atoms with E-state index in [2.05, 4.69) is 11.9 Å². The van der Waals surface area contributed by atoms with E-state index in [4.69, 9.17) is 16.6 Å². The second kappa shape index (κ2) is 7.58. The maximum absolute atomic E-state index is 14.1. The summed E-state index contributed by atoms with van der Waals surface area (Å²) in [6.45, 7) is 4.65. The lowest BCUT2D eigenvalue weighted by Crippen LogP contribution is -3.07. The summed E-state index contributed by atoms with van der Waals surface area (Å²) in [5, 5.41) is 1.18. The topological polar surface area (TPSA) is 50.2 Å². The number of aromatic amines is 1. The SMILES string of the molecule is C[C@@H]1CCc2c(sc3nc([C@@H](C)[NH+](C)Cc4c(F)cccc4Cl)[nH]c(=O)c23)C1. The number of fused-ring (bicyclic) bond motifs is 3. The number of thiophene rings is 1. The summed E-state index contributed by atoms with van der Waals surface area (Å²) < 4.78 is 14.1. The third kappa shape index (κ3) is 3.49. The molecule has 2 N–H and O–H groups in total. The molecule has 0 spiro atoms. The minimum absolute atomic E-state index is 0.0596. The number of nitrogens with zero attached hydrogens (tertiary/aromatic N) is 1. The largest absolute Gasteiger partial charge is 0.325 e. The van der Waals surface area contributed by atoms with Crippen LogP contribution in [0.15, 0.2) is 23.0 Å². The summed E-state index contributed by atoms with van der Waals surface area (Å²) in [5.41, 5.74) is 1.61. The van der Waals surface area contributed by atoms with Gasteiger partial charge in [-0.05, 0) is 49.8 Å². The Kier molecular flexibility index (Phi) is 5.29. The van der Waals surface area contributed by atoms with E-state index < -0.39 is 0 Å². The highest BCUT2D eigenvalue weighted by Gasteiger charge is 2.26. The highest BCUT2D eigenvalue weighted by molar-refractivity contribution is 7.18. The number of hydrogen-bond acceptors (Lipinski definition) is 3. The number of nitrogens with one attached hydrogen (secondary N) is 2. The summed E-state index contributed by atoms with van der Waals surface area (Å²) >= 11 is 7.82. The predicted octanol–water partition coefficient (Wildman–Crippen LogP) is 3.68. The van der Waals surface area contributed by atoms with Crippen molar-refractivity contribution in [2.45, 2.75) is 45.7 Å². The second-order valence-corrected chi connectivity index (χ2v) is 9.42. The highest BCUT2D eigenvalue weighted by atomic mass is 35.5. The first-order valence-electron chi connectivity index (χ1n) is 9.64. The maximum Gasteiger partial charge on any atom is 0.260 e. The van der Waals surface area contributed by atoms with Gasteiger partial charge in [0.25, 0.3) is 5.56 Å². The van der Waals surface area contributed by atoms with Crippen molar-refractivity contribution in [2.24, 2.45) is 5.92 Å². The van der Waals surface area contributed by atoms with Crippen LogP contribution in [0.5, 0.6) is 0 Å². The number of benzene rings is 1. The molecule has 7 heteroatoms. The number of H-pyrrole nitrogens is 1. The molecule has 0 saturated carbocycles. The third-order valence-corrected chi connectivity index (χ3v) is 7.35. The Morgan fingerprint density at radius 1 is 1.46 bits per heavy atom. The van der Waals surface area contributed by atoms with Crippen LogP contribution in [0.1, 0.15) is 48.1 Å². The Bertz CT molecular complexity index is 1070. The van der Waals surface area contributed by atoms with Gasteiger partial charge in [0.1, 0.15) is 23.2 Å². The first kappa shape index (κ1) is 19.6. The van der Waals surface area contributed by atoms with Gasteiger partial charge in [0, 0.05) is 4.88 Å². The fraction of sp³-hybridized carbons (Fsp3) is 0.429. The molecule has 3 aromatic rings. The molecule has 4 rings (SSSR count). The molecule has 2 aromatic heterocycles. The number of quaternary nitrogens is 1. The fourth-order valence-corrected chi connectivity index (χ4v) is 5.56. The van der Waals surface area contributed by atoms with Crippen LogP contribution in [0.4, 0.5) is 4.39 Å². The van der Waals surface area contributed by atoms with Gasteiger partial charge in [0.2, 0.25) is 0 Å². The van der Waals surface area contributed by atoms with Crippen LogP contribution in [0.25, 0.3) is 10.2 Å². The van der Waals surface area contributed by atoms with Crippen molar-refractivity contribution in [3.63, 3.8) is 0 Å². The van der Waals surface area contributed by atoms with Crippen LogP contribution in [-0.2, 0) is 19.4 Å². The van der Waals surface area contributed by atoms with Crippen molar-refractivity contribution in [2.75, 3.05) is 7.05 Å². The molecule has 3 atom stereocenters. The van der Waals surface area contributed by atoms with E-state index in [0.29, 0.717) is 28.9 Å². The number of aromatic nitrogens is 2. The van der Waals surface area contributed by atoms with Gasteiger partial charge < -0.3 is 9.88 Å². The average Bonchev–Trinajstić information content (AvgIpc) is 3.01. The summed E-state index contributed by atoms with van der Waals surface area (Å²) in [7, 11) is 1.96. The van der Waals surface area contributed by atoms with Crippen molar-refractivity contribution in [3.8, 4) is 0 Å². The molecular formula is C21H24ClFN3OS+. The third-order valence-electron chi connectivity index (χ3n) is 5.85. The highest BCUT2D eigenvalue weighted by Crippen LogP contribution is 2.35. The van der Waals surface area contributed by atoms with Gasteiger partial charge in [-0.15, -0.1) is 11.3 Å². The van der Waals surface area contributed by atoms with E-state index in [0.717, 1.165) is 34.4 Å². The zero-order chi connectivity index (χ0) is 20.0. The molecule has 1 unspecified atom stereocenters. The summed E-state index contributed by atoms with van der Waals surface area (Å²) in [6, 6.07) is 4.61. The molecule has 28 heavy (non-hydrogen) atoms. The number of aryl methyl sites for hydroxylation is 1. The minimum Gasteiger partial charge on any atom is -0.325 e. The quantitative estimate of drug-likeness (QED) is 0.676. The zero-order valence-electron chi connectivity index (χ0n) is 16.2. The summed E-state index contributed by atoms with van der Waals surface area (Å²) in [6.07, 6.45) is 3.09. The predicted molar refractivity (Wildman–Crippen MR) is 112 cm³/mol. The van der Waals surface area contributed by atoms with Crippen molar-refractivity contribution in [1.29, 1.82) is 0 Å². The van der Waals surface area contributed by atoms with Gasteiger partial charge in [-0.1, -0.05) is 24.6 Å². The number of rotatable bonds is 4. The lowest BCUT2D eigenvalue weighted by atomic mass is 9.89. The normalized spacial score (nSPS) is 18.8. The van der Waals surface area contributed by atoms with Crippen molar-refractivity contribution in [1.82, 2.24) is 9.97 Å². The van der Waals surface area contributed by atoms with E-state index in [1.165, 1.54) is 16.5 Å². The van der Waals surface area contributed by atoms with Crippen LogP contribution in [0.2, 0.25) is 5.02 Å². The smallest absolute Gasteiger partial charge is 0.260 e. The molecule has 0 bridgehead atoms. The van der Waals surface area contributed by atoms with Crippen molar-refractivity contribution < 1.29 is 9.29 Å². The molecule has 4 nitrogen and oxygen atoms in total. The molecule has 1 aromatic carbocycles. The Hall–Kier alpha value is -1.76. The molecule has 1 aliphatic carbocycles. The van der Waals surface area contributed by atoms with Gasteiger partial charge in [-0.2, -0.15) is 0 Å². The fourth-order valence-electron chi connectivity index (χ4n) is 3.94. The van der Waals surface area contributed by atoms with Gasteiger partial charge in [-0.25, -0.2) is 9.37 Å². The Morgan fingerprint density at radius 3 is 3.00 bits per heavy atom. The van der Waals surface area contributed by atoms with Gasteiger partial charge in [0.05, 0.1) is 23.0 Å². The molecule has 0 fully saturated rings. The molecule has 148 valence electrons. The summed E-state index contributed by atoms with van der Waals surface area (Å²) in [4.78, 5) is 23.7. The molecule has 0 radical (unpaired) electrons. The molecular weight excluding hydrogens is 397 g/mol. The zero-order valence-corrected chi connectivity index (χ0v) is 17.8. The Morgan fingerprint density at radius 2 is 2.25 bits per heavy atom. The van der Waals surface area contributed by atoms with Crippen LogP contribution < -0.4 is 10.5 Å². The molecule has 2 heterocycles. The van der Waals surface area contributed by atoms with Gasteiger partial charge in [-0.3, -0.25) is 4.79 Å². The molecule has 0 amide bonds. The molecule has 1 aliphatic rings.